The Labute approximate surface area is 149 Å². The summed E-state index contributed by atoms with van der Waals surface area (Å²) >= 11 is 0. The monoisotopic (exact) mass is 373 g/mol. The molecule has 0 bridgehead atoms. The molecule has 8 heteroatoms. The highest BCUT2D eigenvalue weighted by molar-refractivity contribution is 5.94. The number of carbonyl (C=O) groups is 2. The summed E-state index contributed by atoms with van der Waals surface area (Å²) in [5.74, 6) is -1.41. The van der Waals surface area contributed by atoms with Crippen molar-refractivity contribution in [2.24, 2.45) is 5.92 Å². The van der Waals surface area contributed by atoms with Gasteiger partial charge in [-0.25, -0.2) is 0 Å². The zero-order chi connectivity index (χ0) is 19.3. The summed E-state index contributed by atoms with van der Waals surface area (Å²) in [5, 5.41) is 2.60. The molecule has 2 rings (SSSR count). The lowest BCUT2D eigenvalue weighted by atomic mass is 9.85. The summed E-state index contributed by atoms with van der Waals surface area (Å²) < 4.78 is 49.0. The third kappa shape index (κ3) is 5.37. The van der Waals surface area contributed by atoms with E-state index in [-0.39, 0.29) is 31.0 Å². The van der Waals surface area contributed by atoms with E-state index >= 15 is 0 Å². The molecule has 1 N–H and O–H groups in total. The number of benzene rings is 1. The van der Waals surface area contributed by atoms with Gasteiger partial charge in [0, 0.05) is 11.6 Å². The normalized spacial score (nSPS) is 20.3. The number of alkyl halides is 3. The minimum absolute atomic E-state index is 0.103. The van der Waals surface area contributed by atoms with Crippen LogP contribution in [0.15, 0.2) is 18.2 Å². The van der Waals surface area contributed by atoms with Gasteiger partial charge in [0.15, 0.2) is 23.9 Å². The van der Waals surface area contributed by atoms with Crippen molar-refractivity contribution in [3.63, 3.8) is 0 Å². The van der Waals surface area contributed by atoms with E-state index < -0.39 is 24.0 Å². The Bertz CT molecular complexity index is 660. The van der Waals surface area contributed by atoms with E-state index in [1.807, 2.05) is 0 Å². The van der Waals surface area contributed by atoms with Gasteiger partial charge in [-0.1, -0.05) is 6.42 Å². The molecule has 1 aliphatic carbocycles. The van der Waals surface area contributed by atoms with E-state index in [0.717, 1.165) is 0 Å². The highest BCUT2D eigenvalue weighted by Gasteiger charge is 2.42. The van der Waals surface area contributed by atoms with Crippen LogP contribution in [-0.2, 0) is 4.79 Å². The Balaban J connectivity index is 1.90. The molecule has 1 aromatic rings. The number of amides is 1. The zero-order valence-corrected chi connectivity index (χ0v) is 14.7. The smallest absolute Gasteiger partial charge is 0.391 e. The van der Waals surface area contributed by atoms with Crippen LogP contribution in [0.4, 0.5) is 13.2 Å². The fourth-order valence-electron chi connectivity index (χ4n) is 3.04. The number of carbonyl (C=O) groups excluding carboxylic acids is 2. The van der Waals surface area contributed by atoms with Crippen molar-refractivity contribution in [2.75, 3.05) is 13.7 Å². The fourth-order valence-corrected chi connectivity index (χ4v) is 3.04. The molecule has 2 atom stereocenters. The van der Waals surface area contributed by atoms with E-state index in [9.17, 15) is 22.8 Å². The minimum atomic E-state index is -4.23. The molecule has 5 nitrogen and oxygen atoms in total. The van der Waals surface area contributed by atoms with E-state index in [1.54, 1.807) is 6.07 Å². The standard InChI is InChI=1S/C18H22F3NO4/c1-11(23)12-6-7-15(16(8-12)25-2)26-10-17(24)22-14-5-3-4-13(9-14)18(19,20)21/h6-8,13-14H,3-5,9-10H2,1-2H3,(H,22,24)/t13-,14+/m1/s1. The molecular weight excluding hydrogens is 351 g/mol. The minimum Gasteiger partial charge on any atom is -0.493 e. The Morgan fingerprint density at radius 2 is 1.96 bits per heavy atom. The first-order chi connectivity index (χ1) is 12.2. The molecule has 1 aliphatic rings. The SMILES string of the molecule is COc1cc(C(C)=O)ccc1OCC(=O)N[C@H]1CCC[C@@H](C(F)(F)F)C1. The summed E-state index contributed by atoms with van der Waals surface area (Å²) in [4.78, 5) is 23.4. The quantitative estimate of drug-likeness (QED) is 0.775. The summed E-state index contributed by atoms with van der Waals surface area (Å²) in [6.07, 6.45) is -3.28. The second-order valence-electron chi connectivity index (χ2n) is 6.38. The van der Waals surface area contributed by atoms with Crippen LogP contribution in [0.2, 0.25) is 0 Å². The van der Waals surface area contributed by atoms with E-state index in [4.69, 9.17) is 9.47 Å². The lowest BCUT2D eigenvalue weighted by Gasteiger charge is -2.31. The van der Waals surface area contributed by atoms with Crippen LogP contribution in [0.5, 0.6) is 11.5 Å². The van der Waals surface area contributed by atoms with Crippen LogP contribution in [0.3, 0.4) is 0 Å². The lowest BCUT2D eigenvalue weighted by Crippen LogP contribution is -2.43. The summed E-state index contributed by atoms with van der Waals surface area (Å²) in [5.41, 5.74) is 0.444. The van der Waals surface area contributed by atoms with Gasteiger partial charge in [0.05, 0.1) is 13.0 Å². The predicted molar refractivity (Wildman–Crippen MR) is 88.4 cm³/mol. The fraction of sp³-hybridized carbons (Fsp3) is 0.556. The van der Waals surface area contributed by atoms with Gasteiger partial charge in [-0.3, -0.25) is 9.59 Å². The van der Waals surface area contributed by atoms with Gasteiger partial charge in [0.1, 0.15) is 0 Å². The highest BCUT2D eigenvalue weighted by atomic mass is 19.4. The molecule has 144 valence electrons. The molecule has 0 saturated heterocycles. The first kappa shape index (κ1) is 20.1. The van der Waals surface area contributed by atoms with Gasteiger partial charge < -0.3 is 14.8 Å². The number of rotatable bonds is 6. The molecule has 1 fully saturated rings. The van der Waals surface area contributed by atoms with Crippen molar-refractivity contribution in [1.29, 1.82) is 0 Å². The number of ketones is 1. The van der Waals surface area contributed by atoms with Crippen LogP contribution in [-0.4, -0.2) is 37.6 Å². The van der Waals surface area contributed by atoms with Crippen LogP contribution < -0.4 is 14.8 Å². The Morgan fingerprint density at radius 3 is 2.58 bits per heavy atom. The van der Waals surface area contributed by atoms with Crippen molar-refractivity contribution in [1.82, 2.24) is 5.32 Å². The zero-order valence-electron chi connectivity index (χ0n) is 14.7. The molecule has 0 heterocycles. The molecule has 0 spiro atoms. The van der Waals surface area contributed by atoms with Crippen LogP contribution in [0, 0.1) is 5.92 Å². The third-order valence-electron chi connectivity index (χ3n) is 4.43. The van der Waals surface area contributed by atoms with Crippen molar-refractivity contribution in [2.45, 2.75) is 44.8 Å². The maximum atomic E-state index is 12.8. The maximum absolute atomic E-state index is 12.8. The van der Waals surface area contributed by atoms with Gasteiger partial charge in [0.2, 0.25) is 0 Å². The molecule has 1 aromatic carbocycles. The number of hydrogen-bond donors (Lipinski definition) is 1. The number of ether oxygens (including phenoxy) is 2. The summed E-state index contributed by atoms with van der Waals surface area (Å²) in [6.45, 7) is 1.07. The second-order valence-corrected chi connectivity index (χ2v) is 6.38. The van der Waals surface area contributed by atoms with Crippen LogP contribution in [0.25, 0.3) is 0 Å². The van der Waals surface area contributed by atoms with Gasteiger partial charge >= 0.3 is 6.18 Å². The number of hydrogen-bond acceptors (Lipinski definition) is 4. The molecule has 1 amide bonds. The average Bonchev–Trinajstić information content (AvgIpc) is 2.59. The van der Waals surface area contributed by atoms with E-state index in [2.05, 4.69) is 5.32 Å². The number of Topliss-reactive ketones (excluding diaryl/α,β-unsaturated/α-hetero) is 1. The molecular formula is C18H22F3NO4. The number of methoxy groups -OCH3 is 1. The Kier molecular flexibility index (Phi) is 6.50. The summed E-state index contributed by atoms with van der Waals surface area (Å²) in [7, 11) is 1.41. The van der Waals surface area contributed by atoms with E-state index in [0.29, 0.717) is 24.2 Å². The summed E-state index contributed by atoms with van der Waals surface area (Å²) in [6, 6.07) is 4.06. The molecule has 0 aromatic heterocycles. The molecule has 0 unspecified atom stereocenters. The van der Waals surface area contributed by atoms with Crippen molar-refractivity contribution in [3.8, 4) is 11.5 Å². The largest absolute Gasteiger partial charge is 0.493 e. The molecule has 0 radical (unpaired) electrons. The lowest BCUT2D eigenvalue weighted by molar-refractivity contribution is -0.184. The molecule has 0 aliphatic heterocycles. The average molecular weight is 373 g/mol. The maximum Gasteiger partial charge on any atom is 0.391 e. The Morgan fingerprint density at radius 1 is 1.23 bits per heavy atom. The van der Waals surface area contributed by atoms with Crippen molar-refractivity contribution in [3.05, 3.63) is 23.8 Å². The van der Waals surface area contributed by atoms with Crippen molar-refractivity contribution < 1.29 is 32.2 Å². The number of halogens is 3. The van der Waals surface area contributed by atoms with Crippen LogP contribution in [0.1, 0.15) is 43.0 Å². The number of nitrogens with one attached hydrogen (secondary N) is 1. The van der Waals surface area contributed by atoms with Gasteiger partial charge in [-0.15, -0.1) is 0 Å². The highest BCUT2D eigenvalue weighted by Crippen LogP contribution is 2.37. The molecule has 1 saturated carbocycles. The van der Waals surface area contributed by atoms with Gasteiger partial charge in [-0.2, -0.15) is 13.2 Å². The topological polar surface area (TPSA) is 64.6 Å². The van der Waals surface area contributed by atoms with Gasteiger partial charge in [0.25, 0.3) is 5.91 Å². The third-order valence-corrected chi connectivity index (χ3v) is 4.43. The van der Waals surface area contributed by atoms with Crippen LogP contribution >= 0.6 is 0 Å². The first-order valence-electron chi connectivity index (χ1n) is 8.38. The van der Waals surface area contributed by atoms with E-state index in [1.165, 1.54) is 26.2 Å². The van der Waals surface area contributed by atoms with Crippen molar-refractivity contribution >= 4 is 11.7 Å². The molecule has 26 heavy (non-hydrogen) atoms. The van der Waals surface area contributed by atoms with Gasteiger partial charge in [-0.05, 0) is 44.4 Å². The predicted octanol–water partition coefficient (Wildman–Crippen LogP) is 3.51. The Hall–Kier alpha value is -2.25. The second kappa shape index (κ2) is 8.42. The first-order valence-corrected chi connectivity index (χ1v) is 8.38.